The van der Waals surface area contributed by atoms with Crippen LogP contribution in [0, 0.1) is 5.82 Å². The Morgan fingerprint density at radius 2 is 1.78 bits per heavy atom. The molecule has 1 atom stereocenters. The van der Waals surface area contributed by atoms with Gasteiger partial charge >= 0.3 is 12.1 Å². The Bertz CT molecular complexity index is 1210. The number of benzene rings is 2. The summed E-state index contributed by atoms with van der Waals surface area (Å²) in [5.41, 5.74) is 1.82. The van der Waals surface area contributed by atoms with E-state index in [1.54, 1.807) is 18.3 Å². The zero-order valence-electron chi connectivity index (χ0n) is 21.3. The fraction of sp³-hybridized carbons (Fsp3) is 0.393. The molecule has 1 saturated carbocycles. The molecule has 0 bridgehead atoms. The molecule has 0 aliphatic heterocycles. The molecule has 1 heterocycles. The molecule has 37 heavy (non-hydrogen) atoms. The van der Waals surface area contributed by atoms with Crippen LogP contribution in [0.4, 0.5) is 19.7 Å². The van der Waals surface area contributed by atoms with E-state index in [4.69, 9.17) is 4.74 Å². The zero-order valence-corrected chi connectivity index (χ0v) is 22.1. The Hall–Kier alpha value is -3.46. The van der Waals surface area contributed by atoms with Gasteiger partial charge in [0.25, 0.3) is 0 Å². The molecule has 0 spiro atoms. The highest BCUT2D eigenvalue weighted by Gasteiger charge is 2.26. The molecule has 1 fully saturated rings. The molecule has 0 saturated heterocycles. The van der Waals surface area contributed by atoms with E-state index in [0.29, 0.717) is 11.3 Å². The molecule has 0 unspecified atom stereocenters. The number of urea groups is 1. The lowest BCUT2D eigenvalue weighted by atomic mass is 9.86. The number of carbonyl (C=O) groups is 2. The summed E-state index contributed by atoms with van der Waals surface area (Å²) in [4.78, 5) is 29.6. The topological polar surface area (TPSA) is 92.3 Å². The molecule has 0 radical (unpaired) electrons. The summed E-state index contributed by atoms with van der Waals surface area (Å²) < 4.78 is 20.2. The smallest absolute Gasteiger partial charge is 0.407 e. The third-order valence-electron chi connectivity index (χ3n) is 6.40. The average Bonchev–Trinajstić information content (AvgIpc) is 3.34. The highest BCUT2D eigenvalue weighted by molar-refractivity contribution is 7.15. The molecule has 9 heteroatoms. The van der Waals surface area contributed by atoms with Gasteiger partial charge in [-0.15, -0.1) is 11.3 Å². The van der Waals surface area contributed by atoms with Gasteiger partial charge in [0.2, 0.25) is 0 Å². The van der Waals surface area contributed by atoms with Crippen LogP contribution in [0.5, 0.6) is 0 Å². The second kappa shape index (κ2) is 12.2. The van der Waals surface area contributed by atoms with Crippen LogP contribution < -0.4 is 16.0 Å². The van der Waals surface area contributed by atoms with Crippen LogP contribution in [0.25, 0.3) is 10.4 Å². The number of aromatic nitrogens is 1. The maximum Gasteiger partial charge on any atom is 0.407 e. The first-order valence-electron chi connectivity index (χ1n) is 12.6. The van der Waals surface area contributed by atoms with E-state index in [-0.39, 0.29) is 30.2 Å². The second-order valence-corrected chi connectivity index (χ2v) is 10.7. The summed E-state index contributed by atoms with van der Waals surface area (Å²) in [5.74, 6) is -0.127. The SMILES string of the molecule is CC(C)OC(=O)N[C@H]1CC[C@H](c2ncc(-c3ccc(NC(=O)N[C@H](C)c4ccccc4)cc3F)s2)CC1. The van der Waals surface area contributed by atoms with Crippen LogP contribution in [0.1, 0.15) is 69.0 Å². The third-order valence-corrected chi connectivity index (χ3v) is 7.60. The first-order chi connectivity index (χ1) is 17.8. The largest absolute Gasteiger partial charge is 0.447 e. The quantitative estimate of drug-likeness (QED) is 0.310. The summed E-state index contributed by atoms with van der Waals surface area (Å²) in [7, 11) is 0. The van der Waals surface area contributed by atoms with Crippen LogP contribution in [0.2, 0.25) is 0 Å². The van der Waals surface area contributed by atoms with Crippen molar-refractivity contribution in [1.82, 2.24) is 15.6 Å². The molecule has 7 nitrogen and oxygen atoms in total. The number of hydrogen-bond donors (Lipinski definition) is 3. The van der Waals surface area contributed by atoms with Crippen molar-refractivity contribution < 1.29 is 18.7 Å². The van der Waals surface area contributed by atoms with Crippen molar-refractivity contribution in [2.45, 2.75) is 70.6 Å². The van der Waals surface area contributed by atoms with Gasteiger partial charge in [-0.05, 0) is 70.2 Å². The highest BCUT2D eigenvalue weighted by Crippen LogP contribution is 2.38. The van der Waals surface area contributed by atoms with E-state index in [2.05, 4.69) is 20.9 Å². The van der Waals surface area contributed by atoms with Crippen molar-refractivity contribution >= 4 is 29.1 Å². The van der Waals surface area contributed by atoms with Gasteiger partial charge in [-0.3, -0.25) is 0 Å². The van der Waals surface area contributed by atoms with Gasteiger partial charge in [-0.2, -0.15) is 0 Å². The van der Waals surface area contributed by atoms with E-state index in [0.717, 1.165) is 41.1 Å². The maximum absolute atomic E-state index is 15.0. The number of rotatable bonds is 7. The van der Waals surface area contributed by atoms with Crippen molar-refractivity contribution in [2.75, 3.05) is 5.32 Å². The number of amides is 3. The van der Waals surface area contributed by atoms with Gasteiger partial charge < -0.3 is 20.7 Å². The Morgan fingerprint density at radius 1 is 1.05 bits per heavy atom. The summed E-state index contributed by atoms with van der Waals surface area (Å²) in [6, 6.07) is 13.8. The number of hydrogen-bond acceptors (Lipinski definition) is 5. The molecule has 3 amide bonds. The average molecular weight is 525 g/mol. The van der Waals surface area contributed by atoms with E-state index >= 15 is 0 Å². The Kier molecular flexibility index (Phi) is 8.76. The van der Waals surface area contributed by atoms with Crippen molar-refractivity contribution in [3.8, 4) is 10.4 Å². The normalized spacial score (nSPS) is 18.2. The molecule has 1 aliphatic rings. The number of ether oxygens (including phenoxy) is 1. The Labute approximate surface area is 220 Å². The van der Waals surface area contributed by atoms with Crippen molar-refractivity contribution in [1.29, 1.82) is 0 Å². The van der Waals surface area contributed by atoms with Crippen LogP contribution in [0.15, 0.2) is 54.7 Å². The number of anilines is 1. The van der Waals surface area contributed by atoms with Gasteiger partial charge in [0.1, 0.15) is 5.82 Å². The lowest BCUT2D eigenvalue weighted by Crippen LogP contribution is -2.38. The summed E-state index contributed by atoms with van der Waals surface area (Å²) >= 11 is 1.49. The molecule has 1 aliphatic carbocycles. The van der Waals surface area contributed by atoms with Crippen LogP contribution in [-0.4, -0.2) is 29.3 Å². The lowest BCUT2D eigenvalue weighted by Gasteiger charge is -2.28. The van der Waals surface area contributed by atoms with Gasteiger partial charge in [0.15, 0.2) is 0 Å². The number of alkyl carbamates (subject to hydrolysis) is 1. The standard InChI is InChI=1S/C28H33FN4O3S/c1-17(2)36-28(35)33-21-11-9-20(10-12-21)26-30-16-25(37-26)23-14-13-22(15-24(23)29)32-27(34)31-18(3)19-7-5-4-6-8-19/h4-8,13-18,20-21H,9-12H2,1-3H3,(H,33,35)(H2,31,32,34)/t18-,20-,21-/m1/s1. The minimum Gasteiger partial charge on any atom is -0.447 e. The summed E-state index contributed by atoms with van der Waals surface area (Å²) in [6.45, 7) is 5.55. The lowest BCUT2D eigenvalue weighted by molar-refractivity contribution is 0.109. The van der Waals surface area contributed by atoms with E-state index < -0.39 is 11.8 Å². The Balaban J connectivity index is 1.31. The van der Waals surface area contributed by atoms with Gasteiger partial charge in [0, 0.05) is 29.4 Å². The van der Waals surface area contributed by atoms with Gasteiger partial charge in [0.05, 0.1) is 22.0 Å². The zero-order chi connectivity index (χ0) is 26.4. The fourth-order valence-corrected chi connectivity index (χ4v) is 5.60. The van der Waals surface area contributed by atoms with Crippen molar-refractivity contribution in [2.24, 2.45) is 0 Å². The van der Waals surface area contributed by atoms with Crippen molar-refractivity contribution in [3.63, 3.8) is 0 Å². The van der Waals surface area contributed by atoms with Crippen molar-refractivity contribution in [3.05, 3.63) is 71.1 Å². The number of nitrogens with one attached hydrogen (secondary N) is 3. The first-order valence-corrected chi connectivity index (χ1v) is 13.5. The van der Waals surface area contributed by atoms with E-state index in [1.165, 1.54) is 17.4 Å². The molecule has 1 aromatic heterocycles. The summed E-state index contributed by atoms with van der Waals surface area (Å²) in [6.07, 6.45) is 4.72. The highest BCUT2D eigenvalue weighted by atomic mass is 32.1. The third kappa shape index (κ3) is 7.29. The van der Waals surface area contributed by atoms with Crippen LogP contribution in [-0.2, 0) is 4.74 Å². The van der Waals surface area contributed by atoms with E-state index in [9.17, 15) is 14.0 Å². The minimum absolute atomic E-state index is 0.104. The molecular weight excluding hydrogens is 491 g/mol. The number of thiazole rings is 1. The Morgan fingerprint density at radius 3 is 2.46 bits per heavy atom. The minimum atomic E-state index is -0.416. The number of carbonyl (C=O) groups excluding carboxylic acids is 2. The van der Waals surface area contributed by atoms with Gasteiger partial charge in [-0.1, -0.05) is 30.3 Å². The molecular formula is C28H33FN4O3S. The van der Waals surface area contributed by atoms with Gasteiger partial charge in [-0.25, -0.2) is 19.0 Å². The molecule has 3 N–H and O–H groups in total. The number of halogens is 1. The summed E-state index contributed by atoms with van der Waals surface area (Å²) in [5, 5.41) is 9.48. The second-order valence-electron chi connectivity index (χ2n) is 9.64. The first kappa shape index (κ1) is 26.6. The predicted molar refractivity (Wildman–Crippen MR) is 144 cm³/mol. The molecule has 4 rings (SSSR count). The van der Waals surface area contributed by atoms with E-state index in [1.807, 2.05) is 51.1 Å². The monoisotopic (exact) mass is 524 g/mol. The molecule has 196 valence electrons. The molecule has 3 aromatic rings. The number of nitrogens with zero attached hydrogens (tertiary/aromatic N) is 1. The van der Waals surface area contributed by atoms with Crippen LogP contribution >= 0.6 is 11.3 Å². The predicted octanol–water partition coefficient (Wildman–Crippen LogP) is 6.99. The fourth-order valence-electron chi connectivity index (χ4n) is 4.48. The van der Waals surface area contributed by atoms with Crippen LogP contribution in [0.3, 0.4) is 0 Å². The maximum atomic E-state index is 15.0. The molecule has 2 aromatic carbocycles.